The van der Waals surface area contributed by atoms with E-state index in [-0.39, 0.29) is 0 Å². The van der Waals surface area contributed by atoms with E-state index in [4.69, 9.17) is 0 Å². The smallest absolute Gasteiger partial charge is 0.190 e. The van der Waals surface area contributed by atoms with Crippen LogP contribution in [0.1, 0.15) is 26.7 Å². The Labute approximate surface area is 99.5 Å². The van der Waals surface area contributed by atoms with Crippen LogP contribution in [-0.4, -0.2) is 50.6 Å². The molecule has 0 bridgehead atoms. The normalized spacial score (nSPS) is 25.2. The highest BCUT2D eigenvalue weighted by Gasteiger charge is 2.20. The summed E-state index contributed by atoms with van der Waals surface area (Å²) in [5, 5.41) is 6.37. The molecule has 0 radical (unpaired) electrons. The summed E-state index contributed by atoms with van der Waals surface area (Å²) in [7, 11) is 3.69. The molecule has 1 rings (SSSR count). The number of aliphatic imine (C=N–C) groups is 1. The first-order valence-electron chi connectivity index (χ1n) is 6.29. The molecule has 0 saturated carbocycles. The molecular formula is C12H26N4. The molecule has 16 heavy (non-hydrogen) atoms. The molecule has 1 fully saturated rings. The fourth-order valence-electron chi connectivity index (χ4n) is 2.28. The summed E-state index contributed by atoms with van der Waals surface area (Å²) < 4.78 is 0. The number of piperidine rings is 1. The second-order valence-electron chi connectivity index (χ2n) is 4.79. The van der Waals surface area contributed by atoms with Gasteiger partial charge < -0.3 is 10.6 Å². The second kappa shape index (κ2) is 6.74. The monoisotopic (exact) mass is 226 g/mol. The second-order valence-corrected chi connectivity index (χ2v) is 4.79. The molecule has 2 atom stereocenters. The molecule has 2 N–H and O–H groups in total. The molecule has 1 aliphatic heterocycles. The van der Waals surface area contributed by atoms with E-state index in [0.717, 1.165) is 18.4 Å². The molecule has 1 heterocycles. The minimum absolute atomic E-state index is 0.577. The van der Waals surface area contributed by atoms with Crippen LogP contribution in [0.3, 0.4) is 0 Å². The Kier molecular flexibility index (Phi) is 5.60. The minimum atomic E-state index is 0.577. The summed E-state index contributed by atoms with van der Waals surface area (Å²) in [5.74, 6) is 1.72. The summed E-state index contributed by atoms with van der Waals surface area (Å²) >= 11 is 0. The number of nitrogens with one attached hydrogen (secondary N) is 2. The molecule has 4 nitrogen and oxygen atoms in total. The highest BCUT2D eigenvalue weighted by Crippen LogP contribution is 2.17. The highest BCUT2D eigenvalue weighted by atomic mass is 15.2. The lowest BCUT2D eigenvalue weighted by Gasteiger charge is -2.35. The number of rotatable bonds is 3. The van der Waals surface area contributed by atoms with Crippen molar-refractivity contribution in [2.24, 2.45) is 10.9 Å². The molecule has 0 aliphatic carbocycles. The van der Waals surface area contributed by atoms with E-state index in [9.17, 15) is 0 Å². The van der Waals surface area contributed by atoms with Crippen LogP contribution in [0.15, 0.2) is 4.99 Å². The van der Waals surface area contributed by atoms with Crippen molar-refractivity contribution < 1.29 is 0 Å². The van der Waals surface area contributed by atoms with Crippen molar-refractivity contribution in [1.29, 1.82) is 0 Å². The van der Waals surface area contributed by atoms with Crippen molar-refractivity contribution in [2.45, 2.75) is 32.7 Å². The van der Waals surface area contributed by atoms with E-state index in [1.165, 1.54) is 25.9 Å². The molecule has 2 unspecified atom stereocenters. The van der Waals surface area contributed by atoms with Gasteiger partial charge in [-0.1, -0.05) is 6.92 Å². The van der Waals surface area contributed by atoms with Crippen molar-refractivity contribution in [1.82, 2.24) is 15.5 Å². The Balaban J connectivity index is 2.31. The summed E-state index contributed by atoms with van der Waals surface area (Å²) in [6, 6.07) is 0.577. The molecule has 1 aliphatic rings. The van der Waals surface area contributed by atoms with Gasteiger partial charge in [0, 0.05) is 33.2 Å². The lowest BCUT2D eigenvalue weighted by Crippen LogP contribution is -2.48. The average molecular weight is 226 g/mol. The third-order valence-electron chi connectivity index (χ3n) is 3.34. The van der Waals surface area contributed by atoms with Crippen LogP contribution in [0, 0.1) is 5.92 Å². The fourth-order valence-corrected chi connectivity index (χ4v) is 2.28. The van der Waals surface area contributed by atoms with Crippen LogP contribution in [0.25, 0.3) is 0 Å². The highest BCUT2D eigenvalue weighted by molar-refractivity contribution is 5.79. The summed E-state index contributed by atoms with van der Waals surface area (Å²) in [5.41, 5.74) is 0. The van der Waals surface area contributed by atoms with Crippen LogP contribution < -0.4 is 10.6 Å². The zero-order valence-corrected chi connectivity index (χ0v) is 11.1. The summed E-state index contributed by atoms with van der Waals surface area (Å²) in [6.07, 6.45) is 2.72. The lowest BCUT2D eigenvalue weighted by atomic mass is 9.99. The first-order chi connectivity index (χ1) is 7.67. The van der Waals surface area contributed by atoms with E-state index in [0.29, 0.717) is 6.04 Å². The topological polar surface area (TPSA) is 39.7 Å². The molecule has 0 aromatic carbocycles. The van der Waals surface area contributed by atoms with E-state index >= 15 is 0 Å². The third kappa shape index (κ3) is 4.00. The molecule has 1 saturated heterocycles. The number of guanidine groups is 1. The van der Waals surface area contributed by atoms with Gasteiger partial charge in [-0.25, -0.2) is 0 Å². The number of likely N-dealkylation sites (tertiary alicyclic amines) is 1. The van der Waals surface area contributed by atoms with Gasteiger partial charge in [-0.3, -0.25) is 9.89 Å². The van der Waals surface area contributed by atoms with E-state index in [2.05, 4.69) is 34.4 Å². The largest absolute Gasteiger partial charge is 0.359 e. The summed E-state index contributed by atoms with van der Waals surface area (Å²) in [6.45, 7) is 8.07. The fraction of sp³-hybridized carbons (Fsp3) is 0.917. The molecule has 0 aromatic rings. The van der Waals surface area contributed by atoms with Crippen molar-refractivity contribution in [3.05, 3.63) is 0 Å². The van der Waals surface area contributed by atoms with E-state index in [1.54, 1.807) is 7.05 Å². The molecule has 0 amide bonds. The lowest BCUT2D eigenvalue weighted by molar-refractivity contribution is 0.139. The molecule has 4 heteroatoms. The molecule has 0 aromatic heterocycles. The van der Waals surface area contributed by atoms with Gasteiger partial charge >= 0.3 is 0 Å². The van der Waals surface area contributed by atoms with Gasteiger partial charge in [0.25, 0.3) is 0 Å². The van der Waals surface area contributed by atoms with E-state index in [1.807, 2.05) is 7.05 Å². The molecular weight excluding hydrogens is 200 g/mol. The van der Waals surface area contributed by atoms with Crippen LogP contribution in [0.5, 0.6) is 0 Å². The number of hydrogen-bond acceptors (Lipinski definition) is 2. The maximum absolute atomic E-state index is 4.11. The van der Waals surface area contributed by atoms with Gasteiger partial charge in [0.1, 0.15) is 0 Å². The van der Waals surface area contributed by atoms with Crippen molar-refractivity contribution in [3.8, 4) is 0 Å². The Morgan fingerprint density at radius 1 is 1.56 bits per heavy atom. The first-order valence-corrected chi connectivity index (χ1v) is 6.29. The predicted molar refractivity (Wildman–Crippen MR) is 69.9 cm³/mol. The molecule has 94 valence electrons. The maximum atomic E-state index is 4.11. The van der Waals surface area contributed by atoms with Crippen molar-refractivity contribution in [2.75, 3.05) is 33.7 Å². The van der Waals surface area contributed by atoms with Gasteiger partial charge in [0.15, 0.2) is 5.96 Å². The maximum Gasteiger partial charge on any atom is 0.190 e. The van der Waals surface area contributed by atoms with Crippen molar-refractivity contribution in [3.63, 3.8) is 0 Å². The minimum Gasteiger partial charge on any atom is -0.359 e. The predicted octanol–water partition coefficient (Wildman–Crippen LogP) is 0.902. The Morgan fingerprint density at radius 3 is 2.88 bits per heavy atom. The third-order valence-corrected chi connectivity index (χ3v) is 3.34. The van der Waals surface area contributed by atoms with Gasteiger partial charge in [-0.2, -0.15) is 0 Å². The average Bonchev–Trinajstić information content (AvgIpc) is 2.30. The first kappa shape index (κ1) is 13.3. The molecule has 0 spiro atoms. The number of nitrogens with zero attached hydrogens (tertiary/aromatic N) is 2. The Morgan fingerprint density at radius 2 is 2.31 bits per heavy atom. The van der Waals surface area contributed by atoms with Crippen LogP contribution in [0.4, 0.5) is 0 Å². The standard InChI is InChI=1S/C12H26N4/c1-10-6-5-7-16(9-10)11(2)8-15-12(13-3)14-4/h10-11H,5-9H2,1-4H3,(H2,13,14,15). The van der Waals surface area contributed by atoms with E-state index < -0.39 is 0 Å². The van der Waals surface area contributed by atoms with Crippen molar-refractivity contribution >= 4 is 5.96 Å². The van der Waals surface area contributed by atoms with Crippen LogP contribution in [-0.2, 0) is 0 Å². The zero-order chi connectivity index (χ0) is 12.0. The number of hydrogen-bond donors (Lipinski definition) is 2. The van der Waals surface area contributed by atoms with Crippen LogP contribution in [0.2, 0.25) is 0 Å². The van der Waals surface area contributed by atoms with Gasteiger partial charge in [0.05, 0.1) is 0 Å². The quantitative estimate of drug-likeness (QED) is 0.555. The van der Waals surface area contributed by atoms with Crippen LogP contribution >= 0.6 is 0 Å². The Bertz CT molecular complexity index is 227. The van der Waals surface area contributed by atoms with Gasteiger partial charge in [-0.05, 0) is 32.2 Å². The summed E-state index contributed by atoms with van der Waals surface area (Å²) in [4.78, 5) is 6.69. The Hall–Kier alpha value is -0.770. The van der Waals surface area contributed by atoms with Gasteiger partial charge in [-0.15, -0.1) is 0 Å². The van der Waals surface area contributed by atoms with Gasteiger partial charge in [0.2, 0.25) is 0 Å². The zero-order valence-electron chi connectivity index (χ0n) is 11.1. The SMILES string of the molecule is CN=C(NC)NCC(C)N1CCCC(C)C1.